The Hall–Kier alpha value is -3.07. The average molecular weight is 379 g/mol. The van der Waals surface area contributed by atoms with E-state index in [1.54, 1.807) is 19.2 Å². The first kappa shape index (κ1) is 19.7. The van der Waals surface area contributed by atoms with Crippen molar-refractivity contribution in [2.75, 3.05) is 25.0 Å². The quantitative estimate of drug-likeness (QED) is 0.632. The number of nitriles is 1. The van der Waals surface area contributed by atoms with Gasteiger partial charge in [-0.2, -0.15) is 5.26 Å². The van der Waals surface area contributed by atoms with Crippen molar-refractivity contribution in [3.63, 3.8) is 0 Å². The molecule has 0 bridgehead atoms. The lowest BCUT2D eigenvalue weighted by atomic mass is 10.0. The monoisotopic (exact) mass is 379 g/mol. The van der Waals surface area contributed by atoms with Crippen LogP contribution in [0, 0.1) is 24.1 Å². The number of halogens is 1. The summed E-state index contributed by atoms with van der Waals surface area (Å²) in [4.78, 5) is 6.41. The van der Waals surface area contributed by atoms with Gasteiger partial charge >= 0.3 is 0 Å². The van der Waals surface area contributed by atoms with Crippen LogP contribution in [-0.4, -0.2) is 32.1 Å². The van der Waals surface area contributed by atoms with Gasteiger partial charge in [0.2, 0.25) is 0 Å². The standard InChI is InChI=1S/C22H26FN5/c1-16-8-9-20(23)21(11-16)28-10-4-7-19(15-28)27-22(25-2)26-14-18-6-3-5-17(12-18)13-24/h3,5-6,8-9,11-12,19H,4,7,10,14-15H2,1-2H3,(H2,25,26,27). The van der Waals surface area contributed by atoms with Crippen molar-refractivity contribution in [2.24, 2.45) is 4.99 Å². The highest BCUT2D eigenvalue weighted by Crippen LogP contribution is 2.24. The second-order valence-corrected chi connectivity index (χ2v) is 7.12. The topological polar surface area (TPSA) is 63.5 Å². The molecule has 0 saturated carbocycles. The van der Waals surface area contributed by atoms with Gasteiger partial charge in [0.1, 0.15) is 5.82 Å². The minimum atomic E-state index is -0.175. The zero-order valence-corrected chi connectivity index (χ0v) is 16.4. The van der Waals surface area contributed by atoms with E-state index >= 15 is 0 Å². The molecule has 3 rings (SSSR count). The largest absolute Gasteiger partial charge is 0.367 e. The molecule has 0 aromatic heterocycles. The maximum atomic E-state index is 14.3. The van der Waals surface area contributed by atoms with Crippen molar-refractivity contribution < 1.29 is 4.39 Å². The molecule has 28 heavy (non-hydrogen) atoms. The fourth-order valence-corrected chi connectivity index (χ4v) is 3.50. The lowest BCUT2D eigenvalue weighted by molar-refractivity contribution is 0.462. The molecule has 1 saturated heterocycles. The Kier molecular flexibility index (Phi) is 6.49. The fourth-order valence-electron chi connectivity index (χ4n) is 3.50. The first-order chi connectivity index (χ1) is 13.6. The Balaban J connectivity index is 1.60. The minimum Gasteiger partial charge on any atom is -0.367 e. The van der Waals surface area contributed by atoms with Gasteiger partial charge in [0.15, 0.2) is 5.96 Å². The van der Waals surface area contributed by atoms with Gasteiger partial charge in [0, 0.05) is 32.7 Å². The number of hydrogen-bond donors (Lipinski definition) is 2. The van der Waals surface area contributed by atoms with Crippen LogP contribution in [0.3, 0.4) is 0 Å². The van der Waals surface area contributed by atoms with Crippen LogP contribution in [-0.2, 0) is 6.54 Å². The van der Waals surface area contributed by atoms with Gasteiger partial charge in [-0.3, -0.25) is 4.99 Å². The summed E-state index contributed by atoms with van der Waals surface area (Å²) in [6.45, 7) is 4.14. The number of anilines is 1. The fraction of sp³-hybridized carbons (Fsp3) is 0.364. The maximum absolute atomic E-state index is 14.3. The van der Waals surface area contributed by atoms with Crippen LogP contribution < -0.4 is 15.5 Å². The number of aliphatic imine (C=N–C) groups is 1. The normalized spacial score (nSPS) is 17.1. The number of benzene rings is 2. The Labute approximate surface area is 165 Å². The molecule has 1 heterocycles. The van der Waals surface area contributed by atoms with Crippen LogP contribution in [0.4, 0.5) is 10.1 Å². The molecule has 146 valence electrons. The first-order valence-electron chi connectivity index (χ1n) is 9.56. The summed E-state index contributed by atoms with van der Waals surface area (Å²) in [6.07, 6.45) is 2.00. The first-order valence-corrected chi connectivity index (χ1v) is 9.56. The highest BCUT2D eigenvalue weighted by Gasteiger charge is 2.22. The minimum absolute atomic E-state index is 0.175. The third-order valence-corrected chi connectivity index (χ3v) is 4.94. The molecule has 0 amide bonds. The van der Waals surface area contributed by atoms with E-state index in [4.69, 9.17) is 5.26 Å². The van der Waals surface area contributed by atoms with E-state index in [9.17, 15) is 4.39 Å². The zero-order valence-electron chi connectivity index (χ0n) is 16.4. The molecular weight excluding hydrogens is 353 g/mol. The van der Waals surface area contributed by atoms with Crippen LogP contribution in [0.2, 0.25) is 0 Å². The van der Waals surface area contributed by atoms with E-state index in [0.717, 1.165) is 37.1 Å². The molecule has 0 radical (unpaired) electrons. The molecule has 1 aliphatic heterocycles. The summed E-state index contributed by atoms with van der Waals surface area (Å²) in [5.41, 5.74) is 3.39. The Bertz CT molecular complexity index is 887. The maximum Gasteiger partial charge on any atom is 0.191 e. The van der Waals surface area contributed by atoms with Crippen molar-refractivity contribution in [3.05, 3.63) is 65.0 Å². The van der Waals surface area contributed by atoms with Crippen LogP contribution in [0.15, 0.2) is 47.5 Å². The van der Waals surface area contributed by atoms with Gasteiger partial charge in [-0.25, -0.2) is 4.39 Å². The molecule has 1 atom stereocenters. The smallest absolute Gasteiger partial charge is 0.191 e. The van der Waals surface area contributed by atoms with Gasteiger partial charge in [0.25, 0.3) is 0 Å². The van der Waals surface area contributed by atoms with E-state index in [0.29, 0.717) is 23.8 Å². The molecule has 1 unspecified atom stereocenters. The van der Waals surface area contributed by atoms with E-state index in [-0.39, 0.29) is 11.9 Å². The average Bonchev–Trinajstić information content (AvgIpc) is 2.73. The van der Waals surface area contributed by atoms with E-state index in [1.807, 2.05) is 31.2 Å². The number of guanidine groups is 1. The molecule has 0 spiro atoms. The number of rotatable bonds is 4. The molecular formula is C22H26FN5. The number of aryl methyl sites for hydroxylation is 1. The lowest BCUT2D eigenvalue weighted by Crippen LogP contribution is -2.51. The Morgan fingerprint density at radius 3 is 2.96 bits per heavy atom. The number of piperidine rings is 1. The lowest BCUT2D eigenvalue weighted by Gasteiger charge is -2.35. The van der Waals surface area contributed by atoms with Crippen molar-refractivity contribution in [1.82, 2.24) is 10.6 Å². The van der Waals surface area contributed by atoms with Crippen molar-refractivity contribution >= 4 is 11.6 Å². The predicted molar refractivity (Wildman–Crippen MR) is 111 cm³/mol. The summed E-state index contributed by atoms with van der Waals surface area (Å²) < 4.78 is 14.3. The Morgan fingerprint density at radius 2 is 2.18 bits per heavy atom. The van der Waals surface area contributed by atoms with Crippen LogP contribution in [0.1, 0.15) is 29.5 Å². The SMILES string of the molecule is CN=C(NCc1cccc(C#N)c1)NC1CCCN(c2cc(C)ccc2F)C1. The third-order valence-electron chi connectivity index (χ3n) is 4.94. The van der Waals surface area contributed by atoms with Gasteiger partial charge in [-0.1, -0.05) is 18.2 Å². The van der Waals surface area contributed by atoms with Gasteiger partial charge in [-0.05, 0) is 55.2 Å². The van der Waals surface area contributed by atoms with E-state index in [2.05, 4.69) is 26.6 Å². The summed E-state index contributed by atoms with van der Waals surface area (Å²) in [6, 6.07) is 15.1. The van der Waals surface area contributed by atoms with E-state index < -0.39 is 0 Å². The molecule has 6 heteroatoms. The number of hydrogen-bond acceptors (Lipinski definition) is 3. The number of nitrogens with zero attached hydrogens (tertiary/aromatic N) is 3. The predicted octanol–water partition coefficient (Wildman–Crippen LogP) is 3.34. The van der Waals surface area contributed by atoms with E-state index in [1.165, 1.54) is 6.07 Å². The summed E-state index contributed by atoms with van der Waals surface area (Å²) in [7, 11) is 1.74. The molecule has 1 aliphatic rings. The van der Waals surface area contributed by atoms with Crippen molar-refractivity contribution in [2.45, 2.75) is 32.4 Å². The zero-order chi connectivity index (χ0) is 19.9. The number of nitrogens with one attached hydrogen (secondary N) is 2. The summed E-state index contributed by atoms with van der Waals surface area (Å²) >= 11 is 0. The Morgan fingerprint density at radius 1 is 1.32 bits per heavy atom. The van der Waals surface area contributed by atoms with Gasteiger partial charge < -0.3 is 15.5 Å². The van der Waals surface area contributed by atoms with Gasteiger partial charge in [-0.15, -0.1) is 0 Å². The van der Waals surface area contributed by atoms with Crippen LogP contribution in [0.5, 0.6) is 0 Å². The summed E-state index contributed by atoms with van der Waals surface area (Å²) in [5, 5.41) is 15.8. The molecule has 1 fully saturated rings. The third kappa shape index (κ3) is 5.01. The highest BCUT2D eigenvalue weighted by molar-refractivity contribution is 5.80. The van der Waals surface area contributed by atoms with Gasteiger partial charge in [0.05, 0.1) is 17.3 Å². The summed E-state index contributed by atoms with van der Waals surface area (Å²) in [5.74, 6) is 0.532. The molecule has 2 aromatic carbocycles. The second kappa shape index (κ2) is 9.23. The molecule has 2 aromatic rings. The van der Waals surface area contributed by atoms with Crippen molar-refractivity contribution in [1.29, 1.82) is 5.26 Å². The molecule has 5 nitrogen and oxygen atoms in total. The van der Waals surface area contributed by atoms with Crippen LogP contribution >= 0.6 is 0 Å². The second-order valence-electron chi connectivity index (χ2n) is 7.12. The van der Waals surface area contributed by atoms with Crippen LogP contribution in [0.25, 0.3) is 0 Å². The molecule has 2 N–H and O–H groups in total. The molecule has 0 aliphatic carbocycles. The highest BCUT2D eigenvalue weighted by atomic mass is 19.1. The van der Waals surface area contributed by atoms with Crippen molar-refractivity contribution in [3.8, 4) is 6.07 Å².